The lowest BCUT2D eigenvalue weighted by molar-refractivity contribution is 0.288. The largest absolute Gasteiger partial charge is 0.312 e. The number of likely N-dealkylation sites (N-methyl/N-ethyl adjacent to an activating group) is 1. The van der Waals surface area contributed by atoms with E-state index in [0.29, 0.717) is 0 Å². The molecule has 1 atom stereocenters. The number of nitrogens with zero attached hydrogens (tertiary/aromatic N) is 1. The topological polar surface area (TPSA) is 15.3 Å². The van der Waals surface area contributed by atoms with E-state index in [1.54, 1.807) is 0 Å². The monoisotopic (exact) mass is 214 g/mol. The minimum Gasteiger partial charge on any atom is -0.312 e. The molecule has 0 aliphatic carbocycles. The van der Waals surface area contributed by atoms with E-state index in [2.05, 4.69) is 29.0 Å². The van der Waals surface area contributed by atoms with Crippen LogP contribution < -0.4 is 5.32 Å². The van der Waals surface area contributed by atoms with Crippen LogP contribution in [0.4, 0.5) is 0 Å². The Labute approximate surface area is 91.8 Å². The minimum atomic E-state index is 0.810. The van der Waals surface area contributed by atoms with Gasteiger partial charge in [0.25, 0.3) is 0 Å². The van der Waals surface area contributed by atoms with Crippen molar-refractivity contribution in [1.29, 1.82) is 0 Å². The van der Waals surface area contributed by atoms with E-state index in [1.807, 2.05) is 0 Å². The van der Waals surface area contributed by atoms with Crippen molar-refractivity contribution in [1.82, 2.24) is 10.2 Å². The number of hydrogen-bond acceptors (Lipinski definition) is 3. The molecule has 2 aliphatic rings. The summed E-state index contributed by atoms with van der Waals surface area (Å²) in [7, 11) is 2.26. The van der Waals surface area contributed by atoms with E-state index in [4.69, 9.17) is 0 Å². The first-order valence-electron chi connectivity index (χ1n) is 5.87. The Kier molecular flexibility index (Phi) is 4.14. The summed E-state index contributed by atoms with van der Waals surface area (Å²) in [6.07, 6.45) is 5.54. The van der Waals surface area contributed by atoms with Gasteiger partial charge in [-0.15, -0.1) is 0 Å². The fraction of sp³-hybridized carbons (Fsp3) is 1.00. The van der Waals surface area contributed by atoms with Crippen LogP contribution in [0.2, 0.25) is 0 Å². The molecule has 0 saturated carbocycles. The Balaban J connectivity index is 1.65. The van der Waals surface area contributed by atoms with E-state index < -0.39 is 0 Å². The van der Waals surface area contributed by atoms with Crippen LogP contribution in [-0.4, -0.2) is 48.6 Å². The predicted octanol–water partition coefficient (Wildman–Crippen LogP) is 1.57. The Morgan fingerprint density at radius 3 is 2.71 bits per heavy atom. The molecule has 2 aliphatic heterocycles. The Morgan fingerprint density at radius 1 is 1.29 bits per heavy atom. The van der Waals surface area contributed by atoms with Crippen molar-refractivity contribution in [3.63, 3.8) is 0 Å². The van der Waals surface area contributed by atoms with Crippen LogP contribution in [0.3, 0.4) is 0 Å². The van der Waals surface area contributed by atoms with Crippen LogP contribution in [0.15, 0.2) is 0 Å². The number of rotatable bonds is 3. The highest BCUT2D eigenvalue weighted by atomic mass is 32.2. The lowest BCUT2D eigenvalue weighted by Gasteiger charge is -2.26. The molecule has 0 spiro atoms. The quantitative estimate of drug-likeness (QED) is 0.768. The summed E-state index contributed by atoms with van der Waals surface area (Å²) in [5.74, 6) is 2.72. The molecule has 2 fully saturated rings. The van der Waals surface area contributed by atoms with Crippen LogP contribution in [-0.2, 0) is 0 Å². The molecular weight excluding hydrogens is 192 g/mol. The van der Waals surface area contributed by atoms with Gasteiger partial charge in [0.15, 0.2) is 0 Å². The molecule has 0 aromatic heterocycles. The second-order valence-corrected chi connectivity index (χ2v) is 5.80. The highest BCUT2D eigenvalue weighted by Crippen LogP contribution is 2.18. The standard InChI is InChI=1S/C11H22N2S/c1-13-6-2-3-11(13)9-12-10-4-7-14-8-5-10/h10-12H,2-9H2,1H3. The SMILES string of the molecule is CN1CCCC1CNC1CCSCC1. The Bertz CT molecular complexity index is 169. The van der Waals surface area contributed by atoms with Gasteiger partial charge in [-0.25, -0.2) is 0 Å². The van der Waals surface area contributed by atoms with Gasteiger partial charge in [-0.1, -0.05) is 0 Å². The van der Waals surface area contributed by atoms with Gasteiger partial charge in [0.1, 0.15) is 0 Å². The maximum atomic E-state index is 3.74. The summed E-state index contributed by atoms with van der Waals surface area (Å²) in [6.45, 7) is 2.51. The van der Waals surface area contributed by atoms with E-state index in [0.717, 1.165) is 12.1 Å². The minimum absolute atomic E-state index is 0.810. The normalized spacial score (nSPS) is 31.1. The van der Waals surface area contributed by atoms with Crippen LogP contribution in [0.25, 0.3) is 0 Å². The Morgan fingerprint density at radius 2 is 2.07 bits per heavy atom. The van der Waals surface area contributed by atoms with Crippen LogP contribution in [0.1, 0.15) is 25.7 Å². The van der Waals surface area contributed by atoms with Crippen molar-refractivity contribution in [3.8, 4) is 0 Å². The van der Waals surface area contributed by atoms with Gasteiger partial charge in [0.05, 0.1) is 0 Å². The van der Waals surface area contributed by atoms with Gasteiger partial charge in [0.2, 0.25) is 0 Å². The fourth-order valence-electron chi connectivity index (χ4n) is 2.44. The number of likely N-dealkylation sites (tertiary alicyclic amines) is 1. The second-order valence-electron chi connectivity index (χ2n) is 4.57. The van der Waals surface area contributed by atoms with Crippen molar-refractivity contribution in [2.45, 2.75) is 37.8 Å². The van der Waals surface area contributed by atoms with Crippen molar-refractivity contribution in [2.75, 3.05) is 31.6 Å². The first-order chi connectivity index (χ1) is 6.86. The maximum Gasteiger partial charge on any atom is 0.0218 e. The van der Waals surface area contributed by atoms with Crippen LogP contribution in [0.5, 0.6) is 0 Å². The number of hydrogen-bond donors (Lipinski definition) is 1. The fourth-order valence-corrected chi connectivity index (χ4v) is 3.55. The first kappa shape index (κ1) is 10.8. The third-order valence-corrected chi connectivity index (χ3v) is 4.58. The molecule has 2 saturated heterocycles. The molecule has 2 nitrogen and oxygen atoms in total. The first-order valence-corrected chi connectivity index (χ1v) is 7.03. The van der Waals surface area contributed by atoms with E-state index in [1.165, 1.54) is 50.3 Å². The Hall–Kier alpha value is 0.270. The lowest BCUT2D eigenvalue weighted by Crippen LogP contribution is -2.41. The van der Waals surface area contributed by atoms with E-state index in [-0.39, 0.29) is 0 Å². The molecule has 2 rings (SSSR count). The van der Waals surface area contributed by atoms with Crippen LogP contribution >= 0.6 is 11.8 Å². The predicted molar refractivity (Wildman–Crippen MR) is 64.0 cm³/mol. The molecule has 0 radical (unpaired) electrons. The zero-order valence-electron chi connectivity index (χ0n) is 9.17. The molecule has 0 aromatic carbocycles. The summed E-state index contributed by atoms with van der Waals surface area (Å²) >= 11 is 2.11. The van der Waals surface area contributed by atoms with E-state index in [9.17, 15) is 0 Å². The highest BCUT2D eigenvalue weighted by molar-refractivity contribution is 7.99. The van der Waals surface area contributed by atoms with Crippen molar-refractivity contribution < 1.29 is 0 Å². The molecule has 82 valence electrons. The maximum absolute atomic E-state index is 3.74. The van der Waals surface area contributed by atoms with Gasteiger partial charge >= 0.3 is 0 Å². The number of thioether (sulfide) groups is 1. The molecule has 1 N–H and O–H groups in total. The third kappa shape index (κ3) is 2.88. The lowest BCUT2D eigenvalue weighted by atomic mass is 10.1. The van der Waals surface area contributed by atoms with Gasteiger partial charge in [0, 0.05) is 18.6 Å². The number of nitrogens with one attached hydrogen (secondary N) is 1. The highest BCUT2D eigenvalue weighted by Gasteiger charge is 2.22. The van der Waals surface area contributed by atoms with Gasteiger partial charge in [-0.05, 0) is 50.8 Å². The summed E-state index contributed by atoms with van der Waals surface area (Å²) < 4.78 is 0. The van der Waals surface area contributed by atoms with Crippen molar-refractivity contribution >= 4 is 11.8 Å². The zero-order valence-corrected chi connectivity index (χ0v) is 9.98. The van der Waals surface area contributed by atoms with Crippen molar-refractivity contribution in [2.24, 2.45) is 0 Å². The van der Waals surface area contributed by atoms with Gasteiger partial charge in [-0.2, -0.15) is 11.8 Å². The average molecular weight is 214 g/mol. The van der Waals surface area contributed by atoms with Crippen molar-refractivity contribution in [3.05, 3.63) is 0 Å². The average Bonchev–Trinajstić information content (AvgIpc) is 2.63. The van der Waals surface area contributed by atoms with Gasteiger partial charge in [-0.3, -0.25) is 0 Å². The summed E-state index contributed by atoms with van der Waals surface area (Å²) in [5.41, 5.74) is 0. The summed E-state index contributed by atoms with van der Waals surface area (Å²) in [5, 5.41) is 3.74. The molecule has 2 heterocycles. The molecule has 0 aromatic rings. The molecule has 1 unspecified atom stereocenters. The molecular formula is C11H22N2S. The third-order valence-electron chi connectivity index (χ3n) is 3.53. The van der Waals surface area contributed by atoms with Gasteiger partial charge < -0.3 is 10.2 Å². The molecule has 0 amide bonds. The van der Waals surface area contributed by atoms with Crippen LogP contribution in [0, 0.1) is 0 Å². The molecule has 14 heavy (non-hydrogen) atoms. The molecule has 3 heteroatoms. The van der Waals surface area contributed by atoms with E-state index >= 15 is 0 Å². The summed E-state index contributed by atoms with van der Waals surface area (Å²) in [4.78, 5) is 2.50. The second kappa shape index (κ2) is 5.38. The molecule has 0 bridgehead atoms. The summed E-state index contributed by atoms with van der Waals surface area (Å²) in [6, 6.07) is 1.62. The zero-order chi connectivity index (χ0) is 9.80. The smallest absolute Gasteiger partial charge is 0.0218 e.